The SMILES string of the molecule is CCCCN(C(=O)OC(C)(C)C)[C@@H](CC=O)c1ccc(Br)cc1. The summed E-state index contributed by atoms with van der Waals surface area (Å²) >= 11 is 3.41. The van der Waals surface area contributed by atoms with Crippen molar-refractivity contribution in [1.82, 2.24) is 4.90 Å². The van der Waals surface area contributed by atoms with Gasteiger partial charge in [0.1, 0.15) is 11.9 Å². The maximum absolute atomic E-state index is 12.6. The van der Waals surface area contributed by atoms with Crippen molar-refractivity contribution < 1.29 is 14.3 Å². The third-order valence-corrected chi connectivity index (χ3v) is 3.86. The van der Waals surface area contributed by atoms with Crippen LogP contribution in [0.1, 0.15) is 58.6 Å². The number of hydrogen-bond donors (Lipinski definition) is 0. The van der Waals surface area contributed by atoms with Crippen LogP contribution >= 0.6 is 15.9 Å². The smallest absolute Gasteiger partial charge is 0.410 e. The molecule has 1 amide bonds. The van der Waals surface area contributed by atoms with Crippen LogP contribution in [-0.2, 0) is 9.53 Å². The quantitative estimate of drug-likeness (QED) is 0.614. The van der Waals surface area contributed by atoms with Crippen LogP contribution in [0.2, 0.25) is 0 Å². The highest BCUT2D eigenvalue weighted by Gasteiger charge is 2.28. The lowest BCUT2D eigenvalue weighted by molar-refractivity contribution is -0.108. The number of unbranched alkanes of at least 4 members (excludes halogenated alkanes) is 1. The van der Waals surface area contributed by atoms with Gasteiger partial charge in [0.25, 0.3) is 0 Å². The molecule has 1 atom stereocenters. The van der Waals surface area contributed by atoms with E-state index >= 15 is 0 Å². The summed E-state index contributed by atoms with van der Waals surface area (Å²) in [6, 6.07) is 7.39. The fourth-order valence-electron chi connectivity index (χ4n) is 2.24. The van der Waals surface area contributed by atoms with E-state index in [2.05, 4.69) is 22.9 Å². The van der Waals surface area contributed by atoms with Gasteiger partial charge in [-0.25, -0.2) is 4.79 Å². The number of ether oxygens (including phenoxy) is 1. The van der Waals surface area contributed by atoms with Crippen molar-refractivity contribution in [2.45, 2.75) is 58.6 Å². The number of aldehydes is 1. The minimum atomic E-state index is -0.563. The van der Waals surface area contributed by atoms with E-state index in [1.54, 1.807) is 4.90 Å². The summed E-state index contributed by atoms with van der Waals surface area (Å²) in [6.45, 7) is 8.17. The first-order chi connectivity index (χ1) is 10.8. The summed E-state index contributed by atoms with van der Waals surface area (Å²) in [5.41, 5.74) is 0.370. The predicted octanol–water partition coefficient (Wildman–Crippen LogP) is 5.12. The van der Waals surface area contributed by atoms with Gasteiger partial charge in [0.15, 0.2) is 0 Å². The maximum Gasteiger partial charge on any atom is 0.410 e. The summed E-state index contributed by atoms with van der Waals surface area (Å²) < 4.78 is 6.49. The summed E-state index contributed by atoms with van der Waals surface area (Å²) in [5.74, 6) is 0. The van der Waals surface area contributed by atoms with Gasteiger partial charge in [0.05, 0.1) is 6.04 Å². The number of carbonyl (C=O) groups is 2. The zero-order chi connectivity index (χ0) is 17.5. The van der Waals surface area contributed by atoms with E-state index in [4.69, 9.17) is 4.74 Å². The molecule has 0 aliphatic heterocycles. The fourth-order valence-corrected chi connectivity index (χ4v) is 2.51. The number of hydrogen-bond acceptors (Lipinski definition) is 3. The molecule has 0 fully saturated rings. The van der Waals surface area contributed by atoms with Gasteiger partial charge in [-0.2, -0.15) is 0 Å². The molecule has 0 spiro atoms. The standard InChI is InChI=1S/C18H26BrNO3/c1-5-6-12-20(17(22)23-18(2,3)4)16(11-13-21)14-7-9-15(19)10-8-14/h7-10,13,16H,5-6,11-12H2,1-4H3/t16-/m0/s1. The summed E-state index contributed by atoms with van der Waals surface area (Å²) in [7, 11) is 0. The van der Waals surface area contributed by atoms with E-state index in [1.807, 2.05) is 45.0 Å². The molecule has 0 saturated heterocycles. The van der Waals surface area contributed by atoms with Crippen LogP contribution in [0.3, 0.4) is 0 Å². The fraction of sp³-hybridized carbons (Fsp3) is 0.556. The Morgan fingerprint density at radius 3 is 2.39 bits per heavy atom. The lowest BCUT2D eigenvalue weighted by Gasteiger charge is -2.33. The molecule has 1 aromatic carbocycles. The Kier molecular flexibility index (Phi) is 7.76. The van der Waals surface area contributed by atoms with Crippen LogP contribution in [0, 0.1) is 0 Å². The summed E-state index contributed by atoms with van der Waals surface area (Å²) in [6.07, 6.45) is 2.57. The number of amides is 1. The van der Waals surface area contributed by atoms with Gasteiger partial charge < -0.3 is 14.4 Å². The molecular weight excluding hydrogens is 358 g/mol. The summed E-state index contributed by atoms with van der Waals surface area (Å²) in [5, 5.41) is 0. The van der Waals surface area contributed by atoms with Gasteiger partial charge in [-0.05, 0) is 44.9 Å². The zero-order valence-corrected chi connectivity index (χ0v) is 15.9. The molecule has 0 radical (unpaired) electrons. The molecule has 128 valence electrons. The second-order valence-corrected chi connectivity index (χ2v) is 7.41. The molecule has 0 heterocycles. The minimum Gasteiger partial charge on any atom is -0.444 e. The Morgan fingerprint density at radius 1 is 1.30 bits per heavy atom. The molecule has 0 aromatic heterocycles. The van der Waals surface area contributed by atoms with Crippen molar-refractivity contribution in [3.8, 4) is 0 Å². The number of carbonyl (C=O) groups excluding carboxylic acids is 2. The Morgan fingerprint density at radius 2 is 1.91 bits per heavy atom. The van der Waals surface area contributed by atoms with Crippen LogP contribution in [-0.4, -0.2) is 29.4 Å². The Labute approximate surface area is 147 Å². The Bertz CT molecular complexity index is 508. The first-order valence-electron chi connectivity index (χ1n) is 7.97. The maximum atomic E-state index is 12.6. The van der Waals surface area contributed by atoms with E-state index < -0.39 is 5.60 Å². The third-order valence-electron chi connectivity index (χ3n) is 3.33. The number of rotatable bonds is 7. The van der Waals surface area contributed by atoms with E-state index in [-0.39, 0.29) is 18.6 Å². The highest BCUT2D eigenvalue weighted by molar-refractivity contribution is 9.10. The molecule has 23 heavy (non-hydrogen) atoms. The van der Waals surface area contributed by atoms with E-state index in [9.17, 15) is 9.59 Å². The average molecular weight is 384 g/mol. The Hall–Kier alpha value is -1.36. The second kappa shape index (κ2) is 9.06. The monoisotopic (exact) mass is 383 g/mol. The molecule has 0 aliphatic carbocycles. The number of benzene rings is 1. The van der Waals surface area contributed by atoms with Gasteiger partial charge >= 0.3 is 6.09 Å². The molecular formula is C18H26BrNO3. The molecule has 1 rings (SSSR count). The van der Waals surface area contributed by atoms with Crippen LogP contribution in [0.5, 0.6) is 0 Å². The van der Waals surface area contributed by atoms with Gasteiger partial charge in [-0.15, -0.1) is 0 Å². The first-order valence-corrected chi connectivity index (χ1v) is 8.76. The van der Waals surface area contributed by atoms with Crippen molar-refractivity contribution >= 4 is 28.3 Å². The lowest BCUT2D eigenvalue weighted by Crippen LogP contribution is -2.40. The van der Waals surface area contributed by atoms with Crippen LogP contribution in [0.4, 0.5) is 4.79 Å². The predicted molar refractivity (Wildman–Crippen MR) is 95.4 cm³/mol. The van der Waals surface area contributed by atoms with Crippen molar-refractivity contribution in [3.63, 3.8) is 0 Å². The molecule has 0 bridgehead atoms. The van der Waals surface area contributed by atoms with Crippen LogP contribution < -0.4 is 0 Å². The number of halogens is 1. The molecule has 4 nitrogen and oxygen atoms in total. The van der Waals surface area contributed by atoms with Crippen molar-refractivity contribution in [1.29, 1.82) is 0 Å². The lowest BCUT2D eigenvalue weighted by atomic mass is 10.0. The molecule has 1 aromatic rings. The van der Waals surface area contributed by atoms with Gasteiger partial charge in [-0.1, -0.05) is 41.4 Å². The zero-order valence-electron chi connectivity index (χ0n) is 14.3. The topological polar surface area (TPSA) is 46.6 Å². The molecule has 0 N–H and O–H groups in total. The molecule has 0 unspecified atom stereocenters. The van der Waals surface area contributed by atoms with Gasteiger partial charge in [0, 0.05) is 17.4 Å². The second-order valence-electron chi connectivity index (χ2n) is 6.50. The number of nitrogens with zero attached hydrogens (tertiary/aromatic N) is 1. The van der Waals surface area contributed by atoms with E-state index in [1.165, 1.54) is 0 Å². The van der Waals surface area contributed by atoms with Crippen LogP contribution in [0.25, 0.3) is 0 Å². The average Bonchev–Trinajstić information content (AvgIpc) is 2.45. The van der Waals surface area contributed by atoms with Crippen molar-refractivity contribution in [3.05, 3.63) is 34.3 Å². The molecule has 0 saturated carbocycles. The first kappa shape index (κ1) is 19.7. The largest absolute Gasteiger partial charge is 0.444 e. The highest BCUT2D eigenvalue weighted by Crippen LogP contribution is 2.27. The third kappa shape index (κ3) is 6.73. The normalized spacial score (nSPS) is 12.6. The van der Waals surface area contributed by atoms with Crippen LogP contribution in [0.15, 0.2) is 28.7 Å². The Balaban J connectivity index is 3.08. The van der Waals surface area contributed by atoms with Gasteiger partial charge in [0.2, 0.25) is 0 Å². The highest BCUT2D eigenvalue weighted by atomic mass is 79.9. The molecule has 5 heteroatoms. The minimum absolute atomic E-state index is 0.255. The van der Waals surface area contributed by atoms with E-state index in [0.29, 0.717) is 6.54 Å². The summed E-state index contributed by atoms with van der Waals surface area (Å²) in [4.78, 5) is 25.4. The van der Waals surface area contributed by atoms with Crippen molar-refractivity contribution in [2.75, 3.05) is 6.54 Å². The van der Waals surface area contributed by atoms with E-state index in [0.717, 1.165) is 29.2 Å². The van der Waals surface area contributed by atoms with Gasteiger partial charge in [-0.3, -0.25) is 0 Å². The molecule has 0 aliphatic rings. The van der Waals surface area contributed by atoms with Crippen molar-refractivity contribution in [2.24, 2.45) is 0 Å².